The van der Waals surface area contributed by atoms with Crippen LogP contribution in [0.3, 0.4) is 0 Å². The summed E-state index contributed by atoms with van der Waals surface area (Å²) >= 11 is 0. The van der Waals surface area contributed by atoms with E-state index in [0.29, 0.717) is 24.3 Å². The van der Waals surface area contributed by atoms with Crippen LogP contribution in [-0.2, 0) is 11.3 Å². The standard InChI is InChI=1S/C20H22N2O4/c1-15-7-3-5-9-17(15)25-14-13-21(2)19(23)11-12-22-16-8-4-6-10-18(16)26-20(22)24/h3-10H,11-14H2,1-2H3. The van der Waals surface area contributed by atoms with Crippen molar-refractivity contribution < 1.29 is 13.9 Å². The molecule has 3 rings (SSSR count). The van der Waals surface area contributed by atoms with Crippen LogP contribution in [0.2, 0.25) is 0 Å². The number of carbonyl (C=O) groups is 1. The molecule has 2 aromatic carbocycles. The lowest BCUT2D eigenvalue weighted by Crippen LogP contribution is -2.32. The quantitative estimate of drug-likeness (QED) is 0.654. The van der Waals surface area contributed by atoms with Crippen molar-refractivity contribution in [2.75, 3.05) is 20.2 Å². The van der Waals surface area contributed by atoms with Gasteiger partial charge in [-0.05, 0) is 30.7 Å². The topological polar surface area (TPSA) is 64.7 Å². The van der Waals surface area contributed by atoms with Gasteiger partial charge in [-0.25, -0.2) is 4.79 Å². The van der Waals surface area contributed by atoms with E-state index in [1.807, 2.05) is 49.4 Å². The van der Waals surface area contributed by atoms with Crippen molar-refractivity contribution in [2.45, 2.75) is 19.9 Å². The molecular weight excluding hydrogens is 332 g/mol. The molecule has 6 nitrogen and oxygen atoms in total. The maximum absolute atomic E-state index is 12.3. The molecule has 0 N–H and O–H groups in total. The third-order valence-corrected chi connectivity index (χ3v) is 4.33. The van der Waals surface area contributed by atoms with Gasteiger partial charge < -0.3 is 14.1 Å². The van der Waals surface area contributed by atoms with Crippen LogP contribution >= 0.6 is 0 Å². The molecular formula is C20H22N2O4. The van der Waals surface area contributed by atoms with Gasteiger partial charge in [-0.3, -0.25) is 9.36 Å². The number of aromatic nitrogens is 1. The smallest absolute Gasteiger partial charge is 0.419 e. The second-order valence-electron chi connectivity index (χ2n) is 6.17. The van der Waals surface area contributed by atoms with Crippen LogP contribution in [0.25, 0.3) is 11.1 Å². The van der Waals surface area contributed by atoms with Gasteiger partial charge >= 0.3 is 5.76 Å². The lowest BCUT2D eigenvalue weighted by molar-refractivity contribution is -0.130. The summed E-state index contributed by atoms with van der Waals surface area (Å²) in [5, 5.41) is 0. The predicted octanol–water partition coefficient (Wildman–Crippen LogP) is 2.83. The van der Waals surface area contributed by atoms with Gasteiger partial charge in [-0.15, -0.1) is 0 Å². The van der Waals surface area contributed by atoms with E-state index < -0.39 is 5.76 Å². The summed E-state index contributed by atoms with van der Waals surface area (Å²) in [5.74, 6) is 0.338. The number of oxazole rings is 1. The molecule has 0 saturated carbocycles. The van der Waals surface area contributed by atoms with Crippen LogP contribution in [-0.4, -0.2) is 35.6 Å². The van der Waals surface area contributed by atoms with Crippen LogP contribution < -0.4 is 10.5 Å². The van der Waals surface area contributed by atoms with E-state index in [1.54, 1.807) is 18.0 Å². The Hall–Kier alpha value is -3.02. The number of rotatable bonds is 7. The van der Waals surface area contributed by atoms with Gasteiger partial charge in [-0.1, -0.05) is 30.3 Å². The maximum atomic E-state index is 12.3. The number of hydrogen-bond donors (Lipinski definition) is 0. The Kier molecular flexibility index (Phi) is 5.41. The zero-order valence-electron chi connectivity index (χ0n) is 15.0. The van der Waals surface area contributed by atoms with Crippen molar-refractivity contribution in [2.24, 2.45) is 0 Å². The largest absolute Gasteiger partial charge is 0.491 e. The van der Waals surface area contributed by atoms with E-state index in [4.69, 9.17) is 9.15 Å². The minimum Gasteiger partial charge on any atom is -0.491 e. The highest BCUT2D eigenvalue weighted by atomic mass is 16.5. The summed E-state index contributed by atoms with van der Waals surface area (Å²) in [6.45, 7) is 3.17. The molecule has 26 heavy (non-hydrogen) atoms. The number of benzene rings is 2. The minimum absolute atomic E-state index is 0.0458. The zero-order valence-corrected chi connectivity index (χ0v) is 15.0. The summed E-state index contributed by atoms with van der Waals surface area (Å²) in [6, 6.07) is 15.0. The third kappa shape index (κ3) is 3.96. The second kappa shape index (κ2) is 7.91. The van der Waals surface area contributed by atoms with Crippen LogP contribution in [0.5, 0.6) is 5.75 Å². The van der Waals surface area contributed by atoms with E-state index in [1.165, 1.54) is 4.57 Å². The molecule has 1 heterocycles. The van der Waals surface area contributed by atoms with Gasteiger partial charge in [0.15, 0.2) is 5.58 Å². The molecule has 0 unspecified atom stereocenters. The Bertz CT molecular complexity index is 958. The minimum atomic E-state index is -0.440. The van der Waals surface area contributed by atoms with Gasteiger partial charge in [0.1, 0.15) is 12.4 Å². The Morgan fingerprint density at radius 3 is 2.69 bits per heavy atom. The number of para-hydroxylation sites is 3. The Morgan fingerprint density at radius 2 is 1.88 bits per heavy atom. The van der Waals surface area contributed by atoms with Gasteiger partial charge in [0.05, 0.1) is 12.1 Å². The van der Waals surface area contributed by atoms with Gasteiger partial charge in [0.25, 0.3) is 0 Å². The average molecular weight is 354 g/mol. The second-order valence-corrected chi connectivity index (χ2v) is 6.17. The van der Waals surface area contributed by atoms with Crippen molar-refractivity contribution in [1.29, 1.82) is 0 Å². The van der Waals surface area contributed by atoms with Crippen molar-refractivity contribution in [3.05, 3.63) is 64.6 Å². The molecule has 0 aliphatic carbocycles. The molecule has 0 saturated heterocycles. The molecule has 6 heteroatoms. The molecule has 0 aliphatic heterocycles. The monoisotopic (exact) mass is 354 g/mol. The van der Waals surface area contributed by atoms with Crippen LogP contribution in [0.1, 0.15) is 12.0 Å². The summed E-state index contributed by atoms with van der Waals surface area (Å²) < 4.78 is 12.4. The summed E-state index contributed by atoms with van der Waals surface area (Å²) in [7, 11) is 1.74. The number of aryl methyl sites for hydroxylation is 2. The van der Waals surface area contributed by atoms with Gasteiger partial charge in [0.2, 0.25) is 5.91 Å². The van der Waals surface area contributed by atoms with Crippen LogP contribution in [0, 0.1) is 6.92 Å². The molecule has 0 bridgehead atoms. The molecule has 136 valence electrons. The van der Waals surface area contributed by atoms with E-state index in [-0.39, 0.29) is 18.9 Å². The highest BCUT2D eigenvalue weighted by molar-refractivity contribution is 5.76. The predicted molar refractivity (Wildman–Crippen MR) is 99.4 cm³/mol. The Labute approximate surface area is 151 Å². The molecule has 0 spiro atoms. The van der Waals surface area contributed by atoms with Crippen molar-refractivity contribution in [1.82, 2.24) is 9.47 Å². The van der Waals surface area contributed by atoms with Gasteiger partial charge in [-0.2, -0.15) is 0 Å². The van der Waals surface area contributed by atoms with E-state index in [9.17, 15) is 9.59 Å². The average Bonchev–Trinajstić information content (AvgIpc) is 2.96. The number of likely N-dealkylation sites (N-methyl/N-ethyl adjacent to an activating group) is 1. The fourth-order valence-electron chi connectivity index (χ4n) is 2.76. The first-order valence-corrected chi connectivity index (χ1v) is 8.57. The first kappa shape index (κ1) is 17.8. The molecule has 3 aromatic rings. The lowest BCUT2D eigenvalue weighted by atomic mass is 10.2. The fraction of sp³-hybridized carbons (Fsp3) is 0.300. The van der Waals surface area contributed by atoms with Gasteiger partial charge in [0, 0.05) is 20.0 Å². The number of ether oxygens (including phenoxy) is 1. The summed E-state index contributed by atoms with van der Waals surface area (Å²) in [6.07, 6.45) is 0.226. The highest BCUT2D eigenvalue weighted by Gasteiger charge is 2.13. The van der Waals surface area contributed by atoms with Crippen molar-refractivity contribution in [3.63, 3.8) is 0 Å². The van der Waals surface area contributed by atoms with Crippen LogP contribution in [0.4, 0.5) is 0 Å². The highest BCUT2D eigenvalue weighted by Crippen LogP contribution is 2.16. The third-order valence-electron chi connectivity index (χ3n) is 4.33. The number of amides is 1. The normalized spacial score (nSPS) is 10.8. The summed E-state index contributed by atoms with van der Waals surface area (Å²) in [4.78, 5) is 25.9. The maximum Gasteiger partial charge on any atom is 0.419 e. The molecule has 0 fully saturated rings. The molecule has 1 aromatic heterocycles. The van der Waals surface area contributed by atoms with Crippen molar-refractivity contribution in [3.8, 4) is 5.75 Å². The zero-order chi connectivity index (χ0) is 18.5. The molecule has 0 radical (unpaired) electrons. The number of hydrogen-bond acceptors (Lipinski definition) is 4. The number of fused-ring (bicyclic) bond motifs is 1. The van der Waals surface area contributed by atoms with Crippen molar-refractivity contribution >= 4 is 17.0 Å². The van der Waals surface area contributed by atoms with E-state index in [0.717, 1.165) is 11.3 Å². The SMILES string of the molecule is Cc1ccccc1OCCN(C)C(=O)CCn1c(=O)oc2ccccc21. The lowest BCUT2D eigenvalue weighted by Gasteiger charge is -2.18. The molecule has 0 atom stereocenters. The molecule has 0 aliphatic rings. The first-order chi connectivity index (χ1) is 12.6. The number of nitrogens with zero attached hydrogens (tertiary/aromatic N) is 2. The Morgan fingerprint density at radius 1 is 1.15 bits per heavy atom. The summed E-state index contributed by atoms with van der Waals surface area (Å²) in [5.41, 5.74) is 2.30. The fourth-order valence-corrected chi connectivity index (χ4v) is 2.76. The van der Waals surface area contributed by atoms with E-state index in [2.05, 4.69) is 0 Å². The van der Waals surface area contributed by atoms with E-state index >= 15 is 0 Å². The Balaban J connectivity index is 1.52. The molecule has 1 amide bonds. The number of carbonyl (C=O) groups excluding carboxylic acids is 1. The first-order valence-electron chi connectivity index (χ1n) is 8.57. The van der Waals surface area contributed by atoms with Crippen LogP contribution in [0.15, 0.2) is 57.7 Å².